The number of hydrogen-bond acceptors (Lipinski definition) is 2. The lowest BCUT2D eigenvalue weighted by molar-refractivity contribution is -0.121. The third-order valence-corrected chi connectivity index (χ3v) is 4.82. The standard InChI is InChI=1S/C21H20N2O2/c1-2-12-22-14-18(16-10-6-7-11-19(16)22)17-13-20(24)23(21(17)25)15-8-4-3-5-9-15/h3-11,14,17H,2,12-13H2,1H3. The van der Waals surface area contributed by atoms with Crippen molar-refractivity contribution in [1.82, 2.24) is 4.57 Å². The van der Waals surface area contributed by atoms with E-state index in [4.69, 9.17) is 0 Å². The summed E-state index contributed by atoms with van der Waals surface area (Å²) in [7, 11) is 0. The Balaban J connectivity index is 1.77. The molecule has 0 aliphatic carbocycles. The molecule has 0 saturated carbocycles. The maximum absolute atomic E-state index is 13.0. The normalized spacial score (nSPS) is 17.6. The molecule has 1 atom stereocenters. The van der Waals surface area contributed by atoms with Crippen molar-refractivity contribution < 1.29 is 9.59 Å². The van der Waals surface area contributed by atoms with Gasteiger partial charge in [-0.25, -0.2) is 0 Å². The van der Waals surface area contributed by atoms with Crippen molar-refractivity contribution in [1.29, 1.82) is 0 Å². The van der Waals surface area contributed by atoms with Crippen LogP contribution in [0, 0.1) is 0 Å². The van der Waals surface area contributed by atoms with E-state index in [1.807, 2.05) is 36.4 Å². The fourth-order valence-corrected chi connectivity index (χ4v) is 3.70. The van der Waals surface area contributed by atoms with Crippen LogP contribution in [-0.2, 0) is 16.1 Å². The van der Waals surface area contributed by atoms with Gasteiger partial charge in [0.15, 0.2) is 0 Å². The smallest absolute Gasteiger partial charge is 0.241 e. The molecule has 0 bridgehead atoms. The lowest BCUT2D eigenvalue weighted by Gasteiger charge is -2.14. The maximum atomic E-state index is 13.0. The minimum atomic E-state index is -0.407. The molecule has 1 aromatic heterocycles. The van der Waals surface area contributed by atoms with Gasteiger partial charge in [0.1, 0.15) is 0 Å². The molecular formula is C21H20N2O2. The molecule has 2 aromatic carbocycles. The van der Waals surface area contributed by atoms with E-state index in [-0.39, 0.29) is 18.2 Å². The highest BCUT2D eigenvalue weighted by atomic mass is 16.2. The molecule has 0 spiro atoms. The summed E-state index contributed by atoms with van der Waals surface area (Å²) in [5.74, 6) is -0.667. The van der Waals surface area contributed by atoms with Gasteiger partial charge < -0.3 is 4.57 Å². The third-order valence-electron chi connectivity index (χ3n) is 4.82. The largest absolute Gasteiger partial charge is 0.347 e. The Hall–Kier alpha value is -2.88. The summed E-state index contributed by atoms with van der Waals surface area (Å²) in [6.07, 6.45) is 3.30. The zero-order valence-corrected chi connectivity index (χ0v) is 14.2. The molecule has 126 valence electrons. The first-order valence-corrected chi connectivity index (χ1v) is 8.70. The van der Waals surface area contributed by atoms with E-state index in [2.05, 4.69) is 23.8 Å². The van der Waals surface area contributed by atoms with Gasteiger partial charge in [-0.2, -0.15) is 0 Å². The Labute approximate surface area is 146 Å². The van der Waals surface area contributed by atoms with Gasteiger partial charge in [-0.05, 0) is 30.2 Å². The van der Waals surface area contributed by atoms with Crippen LogP contribution in [-0.4, -0.2) is 16.4 Å². The minimum Gasteiger partial charge on any atom is -0.347 e. The van der Waals surface area contributed by atoms with Crippen molar-refractivity contribution in [2.75, 3.05) is 4.90 Å². The van der Waals surface area contributed by atoms with Crippen molar-refractivity contribution in [2.45, 2.75) is 32.2 Å². The second kappa shape index (κ2) is 6.20. The summed E-state index contributed by atoms with van der Waals surface area (Å²) in [6, 6.07) is 17.3. The van der Waals surface area contributed by atoms with Crippen LogP contribution in [0.15, 0.2) is 60.8 Å². The fraction of sp³-hybridized carbons (Fsp3) is 0.238. The number of fused-ring (bicyclic) bond motifs is 1. The zero-order valence-electron chi connectivity index (χ0n) is 14.2. The maximum Gasteiger partial charge on any atom is 0.241 e. The highest BCUT2D eigenvalue weighted by Gasteiger charge is 2.41. The number of anilines is 1. The van der Waals surface area contributed by atoms with Crippen LogP contribution in [0.2, 0.25) is 0 Å². The number of carbonyl (C=O) groups is 2. The topological polar surface area (TPSA) is 42.3 Å². The number of hydrogen-bond donors (Lipinski definition) is 0. The van der Waals surface area contributed by atoms with Crippen LogP contribution in [0.3, 0.4) is 0 Å². The number of amides is 2. The highest BCUT2D eigenvalue weighted by molar-refractivity contribution is 6.23. The molecule has 1 aliphatic rings. The van der Waals surface area contributed by atoms with Gasteiger partial charge in [0.25, 0.3) is 0 Å². The van der Waals surface area contributed by atoms with Crippen LogP contribution in [0.1, 0.15) is 31.2 Å². The number of nitrogens with zero attached hydrogens (tertiary/aromatic N) is 2. The molecule has 4 nitrogen and oxygen atoms in total. The number of benzene rings is 2. The number of carbonyl (C=O) groups excluding carboxylic acids is 2. The highest BCUT2D eigenvalue weighted by Crippen LogP contribution is 2.37. The SMILES string of the molecule is CCCn1cc(C2CC(=O)N(c3ccccc3)C2=O)c2ccccc21. The first-order valence-electron chi connectivity index (χ1n) is 8.70. The number of rotatable bonds is 4. The molecule has 25 heavy (non-hydrogen) atoms. The van der Waals surface area contributed by atoms with Crippen molar-refractivity contribution in [3.8, 4) is 0 Å². The average Bonchev–Trinajstić information content (AvgIpc) is 3.14. The van der Waals surface area contributed by atoms with Crippen LogP contribution >= 0.6 is 0 Å². The van der Waals surface area contributed by atoms with Crippen molar-refractivity contribution in [3.63, 3.8) is 0 Å². The Morgan fingerprint density at radius 1 is 1.00 bits per heavy atom. The van der Waals surface area contributed by atoms with Gasteiger partial charge in [0.05, 0.1) is 11.6 Å². The van der Waals surface area contributed by atoms with E-state index in [0.29, 0.717) is 5.69 Å². The lowest BCUT2D eigenvalue weighted by atomic mass is 9.97. The van der Waals surface area contributed by atoms with Crippen LogP contribution in [0.4, 0.5) is 5.69 Å². The molecule has 2 heterocycles. The average molecular weight is 332 g/mol. The number of imide groups is 1. The lowest BCUT2D eigenvalue weighted by Crippen LogP contribution is -2.29. The summed E-state index contributed by atoms with van der Waals surface area (Å²) in [5, 5.41) is 1.07. The van der Waals surface area contributed by atoms with Gasteiger partial charge in [0.2, 0.25) is 11.8 Å². The van der Waals surface area contributed by atoms with E-state index in [0.717, 1.165) is 29.4 Å². The van der Waals surface area contributed by atoms with E-state index < -0.39 is 5.92 Å². The fourth-order valence-electron chi connectivity index (χ4n) is 3.70. The third kappa shape index (κ3) is 2.54. The van der Waals surface area contributed by atoms with Crippen molar-refractivity contribution >= 4 is 28.4 Å². The van der Waals surface area contributed by atoms with E-state index in [9.17, 15) is 9.59 Å². The van der Waals surface area contributed by atoms with Crippen LogP contribution < -0.4 is 4.90 Å². The second-order valence-electron chi connectivity index (χ2n) is 6.45. The quantitative estimate of drug-likeness (QED) is 0.675. The summed E-state index contributed by atoms with van der Waals surface area (Å²) < 4.78 is 2.19. The molecule has 1 unspecified atom stereocenters. The molecule has 4 heteroatoms. The van der Waals surface area contributed by atoms with Crippen LogP contribution in [0.25, 0.3) is 10.9 Å². The summed E-state index contributed by atoms with van der Waals surface area (Å²) in [4.78, 5) is 26.9. The molecule has 1 fully saturated rings. The first-order chi connectivity index (χ1) is 12.2. The summed E-state index contributed by atoms with van der Waals surface area (Å²) in [6.45, 7) is 3.04. The van der Waals surface area contributed by atoms with Gasteiger partial charge >= 0.3 is 0 Å². The number of aromatic nitrogens is 1. The predicted octanol–water partition coefficient (Wildman–Crippen LogP) is 4.10. The molecular weight excluding hydrogens is 312 g/mol. The second-order valence-corrected chi connectivity index (χ2v) is 6.45. The Bertz CT molecular complexity index is 943. The zero-order chi connectivity index (χ0) is 17.4. The first kappa shape index (κ1) is 15.6. The number of para-hydroxylation sites is 2. The molecule has 1 aliphatic heterocycles. The molecule has 3 aromatic rings. The Morgan fingerprint density at radius 2 is 1.72 bits per heavy atom. The van der Waals surface area contributed by atoms with E-state index in [1.54, 1.807) is 12.1 Å². The Morgan fingerprint density at radius 3 is 2.48 bits per heavy atom. The molecule has 1 saturated heterocycles. The van der Waals surface area contributed by atoms with Crippen LogP contribution in [0.5, 0.6) is 0 Å². The van der Waals surface area contributed by atoms with E-state index in [1.165, 1.54) is 4.90 Å². The Kier molecular flexibility index (Phi) is 3.88. The monoisotopic (exact) mass is 332 g/mol. The number of aryl methyl sites for hydroxylation is 1. The summed E-state index contributed by atoms with van der Waals surface area (Å²) >= 11 is 0. The predicted molar refractivity (Wildman–Crippen MR) is 98.5 cm³/mol. The van der Waals surface area contributed by atoms with Gasteiger partial charge in [-0.3, -0.25) is 14.5 Å². The minimum absolute atomic E-state index is 0.129. The summed E-state index contributed by atoms with van der Waals surface area (Å²) in [5.41, 5.74) is 2.73. The van der Waals surface area contributed by atoms with E-state index >= 15 is 0 Å². The van der Waals surface area contributed by atoms with Gasteiger partial charge in [0, 0.05) is 30.1 Å². The molecule has 4 rings (SSSR count). The molecule has 0 radical (unpaired) electrons. The molecule has 0 N–H and O–H groups in total. The van der Waals surface area contributed by atoms with Gasteiger partial charge in [-0.1, -0.05) is 43.3 Å². The van der Waals surface area contributed by atoms with Gasteiger partial charge in [-0.15, -0.1) is 0 Å². The van der Waals surface area contributed by atoms with Crippen molar-refractivity contribution in [2.24, 2.45) is 0 Å². The van der Waals surface area contributed by atoms with Crippen molar-refractivity contribution in [3.05, 3.63) is 66.4 Å². The molecule has 2 amide bonds.